The molecule has 0 saturated carbocycles. The molecule has 2 rings (SSSR count). The molecule has 1 saturated heterocycles. The molecule has 0 bridgehead atoms. The molecular weight excluding hydrogens is 264 g/mol. The van der Waals surface area contributed by atoms with Gasteiger partial charge in [0, 0.05) is 18.8 Å². The summed E-state index contributed by atoms with van der Waals surface area (Å²) in [4.78, 5) is 14.9. The van der Waals surface area contributed by atoms with Crippen LogP contribution in [0.4, 0.5) is 5.69 Å². The zero-order chi connectivity index (χ0) is 15.3. The molecule has 1 aliphatic heterocycles. The molecule has 0 unspecified atom stereocenters. The van der Waals surface area contributed by atoms with Crippen LogP contribution in [0.5, 0.6) is 0 Å². The normalized spacial score (nSPS) is 18.2. The van der Waals surface area contributed by atoms with E-state index in [9.17, 15) is 4.79 Å². The highest BCUT2D eigenvalue weighted by Crippen LogP contribution is 2.30. The first kappa shape index (κ1) is 15.8. The highest BCUT2D eigenvalue weighted by Gasteiger charge is 2.42. The number of carbonyl (C=O) groups is 1. The Morgan fingerprint density at radius 1 is 1.29 bits per heavy atom. The Labute approximate surface area is 127 Å². The molecule has 0 radical (unpaired) electrons. The number of para-hydroxylation sites is 1. The fourth-order valence-corrected chi connectivity index (χ4v) is 2.87. The molecule has 1 fully saturated rings. The van der Waals surface area contributed by atoms with Gasteiger partial charge in [0.1, 0.15) is 5.54 Å². The number of piperidine rings is 1. The Hall–Kier alpha value is -1.55. The number of nitrogens with zero attached hydrogens (tertiary/aromatic N) is 1. The second kappa shape index (κ2) is 6.94. The number of benzene rings is 1. The molecule has 0 spiro atoms. The monoisotopic (exact) mass is 290 g/mol. The van der Waals surface area contributed by atoms with Crippen molar-refractivity contribution < 1.29 is 9.53 Å². The van der Waals surface area contributed by atoms with E-state index in [1.54, 1.807) is 0 Å². The highest BCUT2D eigenvalue weighted by molar-refractivity contribution is 5.85. The summed E-state index contributed by atoms with van der Waals surface area (Å²) in [6, 6.07) is 8.09. The molecule has 1 heterocycles. The smallest absolute Gasteiger partial charge is 0.331 e. The average Bonchev–Trinajstić information content (AvgIpc) is 2.50. The summed E-state index contributed by atoms with van der Waals surface area (Å²) in [6.07, 6.45) is 1.57. The molecule has 1 N–H and O–H groups in total. The van der Waals surface area contributed by atoms with Crippen molar-refractivity contribution in [3.8, 4) is 0 Å². The standard InChI is InChI=1S/C17H26N2O2/c1-4-19-12-10-17(11-13-19,16(20)21-5-2)18-15-9-7-6-8-14(15)3/h6-9,18H,4-5,10-13H2,1-3H3. The maximum atomic E-state index is 12.5. The van der Waals surface area contributed by atoms with Crippen LogP contribution in [0, 0.1) is 6.92 Å². The van der Waals surface area contributed by atoms with Crippen molar-refractivity contribution in [2.75, 3.05) is 31.6 Å². The number of esters is 1. The Balaban J connectivity index is 2.21. The van der Waals surface area contributed by atoms with Gasteiger partial charge in [0.05, 0.1) is 6.61 Å². The van der Waals surface area contributed by atoms with Crippen molar-refractivity contribution in [3.63, 3.8) is 0 Å². The number of hydrogen-bond donors (Lipinski definition) is 1. The average molecular weight is 290 g/mol. The summed E-state index contributed by atoms with van der Waals surface area (Å²) in [6.45, 7) is 9.38. The lowest BCUT2D eigenvalue weighted by molar-refractivity contribution is -0.150. The largest absolute Gasteiger partial charge is 0.464 e. The lowest BCUT2D eigenvalue weighted by Crippen LogP contribution is -2.55. The van der Waals surface area contributed by atoms with Gasteiger partial charge in [-0.05, 0) is 44.9 Å². The molecule has 4 nitrogen and oxygen atoms in total. The van der Waals surface area contributed by atoms with Crippen molar-refractivity contribution >= 4 is 11.7 Å². The van der Waals surface area contributed by atoms with E-state index in [1.807, 2.05) is 25.1 Å². The van der Waals surface area contributed by atoms with E-state index in [-0.39, 0.29) is 5.97 Å². The summed E-state index contributed by atoms with van der Waals surface area (Å²) >= 11 is 0. The van der Waals surface area contributed by atoms with Gasteiger partial charge < -0.3 is 15.0 Å². The highest BCUT2D eigenvalue weighted by atomic mass is 16.5. The van der Waals surface area contributed by atoms with E-state index in [0.29, 0.717) is 6.61 Å². The predicted octanol–water partition coefficient (Wildman–Crippen LogP) is 2.82. The molecule has 0 aromatic heterocycles. The third-order valence-electron chi connectivity index (χ3n) is 4.34. The summed E-state index contributed by atoms with van der Waals surface area (Å²) in [5.41, 5.74) is 1.59. The second-order valence-electron chi connectivity index (χ2n) is 5.68. The maximum Gasteiger partial charge on any atom is 0.331 e. The van der Waals surface area contributed by atoms with Gasteiger partial charge in [-0.15, -0.1) is 0 Å². The summed E-state index contributed by atoms with van der Waals surface area (Å²) in [5.74, 6) is -0.121. The number of rotatable bonds is 5. The number of carbonyl (C=O) groups excluding carboxylic acids is 1. The van der Waals surface area contributed by atoms with E-state index in [4.69, 9.17) is 4.74 Å². The topological polar surface area (TPSA) is 41.6 Å². The molecule has 1 aliphatic rings. The molecule has 1 aromatic carbocycles. The number of ether oxygens (including phenoxy) is 1. The van der Waals surface area contributed by atoms with Gasteiger partial charge in [-0.2, -0.15) is 0 Å². The van der Waals surface area contributed by atoms with E-state index in [2.05, 4.69) is 30.1 Å². The quantitative estimate of drug-likeness (QED) is 0.847. The second-order valence-corrected chi connectivity index (χ2v) is 5.68. The third-order valence-corrected chi connectivity index (χ3v) is 4.34. The zero-order valence-corrected chi connectivity index (χ0v) is 13.3. The summed E-state index contributed by atoms with van der Waals surface area (Å²) < 4.78 is 5.35. The Morgan fingerprint density at radius 2 is 1.95 bits per heavy atom. The van der Waals surface area contributed by atoms with Gasteiger partial charge in [-0.3, -0.25) is 0 Å². The lowest BCUT2D eigenvalue weighted by Gasteiger charge is -2.41. The van der Waals surface area contributed by atoms with Crippen molar-refractivity contribution in [2.45, 2.75) is 39.2 Å². The first-order chi connectivity index (χ1) is 10.1. The van der Waals surface area contributed by atoms with Crippen LogP contribution < -0.4 is 5.32 Å². The van der Waals surface area contributed by atoms with E-state index >= 15 is 0 Å². The predicted molar refractivity (Wildman–Crippen MR) is 85.5 cm³/mol. The number of aryl methyl sites for hydroxylation is 1. The minimum atomic E-state index is -0.589. The fourth-order valence-electron chi connectivity index (χ4n) is 2.87. The minimum Gasteiger partial charge on any atom is -0.464 e. The molecule has 4 heteroatoms. The molecule has 116 valence electrons. The summed E-state index contributed by atoms with van der Waals surface area (Å²) in [5, 5.41) is 3.49. The molecular formula is C17H26N2O2. The van der Waals surface area contributed by atoms with Crippen molar-refractivity contribution in [1.29, 1.82) is 0 Å². The maximum absolute atomic E-state index is 12.5. The molecule has 0 amide bonds. The fraction of sp³-hybridized carbons (Fsp3) is 0.588. The summed E-state index contributed by atoms with van der Waals surface area (Å²) in [7, 11) is 0. The van der Waals surface area contributed by atoms with Crippen LogP contribution in [0.3, 0.4) is 0 Å². The van der Waals surface area contributed by atoms with E-state index in [0.717, 1.165) is 43.7 Å². The SMILES string of the molecule is CCOC(=O)C1(Nc2ccccc2C)CCN(CC)CC1. The van der Waals surface area contributed by atoms with Crippen molar-refractivity contribution in [1.82, 2.24) is 4.90 Å². The first-order valence-corrected chi connectivity index (χ1v) is 7.84. The van der Waals surface area contributed by atoms with Crippen molar-refractivity contribution in [2.24, 2.45) is 0 Å². The van der Waals surface area contributed by atoms with Gasteiger partial charge in [-0.25, -0.2) is 4.79 Å². The van der Waals surface area contributed by atoms with Crippen LogP contribution in [0.15, 0.2) is 24.3 Å². The van der Waals surface area contributed by atoms with Gasteiger partial charge >= 0.3 is 5.97 Å². The van der Waals surface area contributed by atoms with Crippen LogP contribution in [0.2, 0.25) is 0 Å². The van der Waals surface area contributed by atoms with Crippen LogP contribution in [-0.4, -0.2) is 42.6 Å². The Bertz CT molecular complexity index is 479. The van der Waals surface area contributed by atoms with Gasteiger partial charge in [0.25, 0.3) is 0 Å². The third kappa shape index (κ3) is 3.56. The number of hydrogen-bond acceptors (Lipinski definition) is 4. The Morgan fingerprint density at radius 3 is 2.52 bits per heavy atom. The number of likely N-dealkylation sites (tertiary alicyclic amines) is 1. The molecule has 21 heavy (non-hydrogen) atoms. The van der Waals surface area contributed by atoms with Crippen molar-refractivity contribution in [3.05, 3.63) is 29.8 Å². The van der Waals surface area contributed by atoms with E-state index in [1.165, 1.54) is 0 Å². The number of anilines is 1. The van der Waals surface area contributed by atoms with Crippen LogP contribution in [-0.2, 0) is 9.53 Å². The molecule has 0 atom stereocenters. The Kier molecular flexibility index (Phi) is 5.23. The zero-order valence-electron chi connectivity index (χ0n) is 13.3. The minimum absolute atomic E-state index is 0.121. The molecule has 0 aliphatic carbocycles. The van der Waals surface area contributed by atoms with Gasteiger partial charge in [-0.1, -0.05) is 25.1 Å². The van der Waals surface area contributed by atoms with E-state index < -0.39 is 5.54 Å². The van der Waals surface area contributed by atoms with Gasteiger partial charge in [0.15, 0.2) is 0 Å². The van der Waals surface area contributed by atoms with Crippen LogP contribution in [0.25, 0.3) is 0 Å². The lowest BCUT2D eigenvalue weighted by atomic mass is 9.86. The van der Waals surface area contributed by atoms with Gasteiger partial charge in [0.2, 0.25) is 0 Å². The van der Waals surface area contributed by atoms with Crippen LogP contribution >= 0.6 is 0 Å². The molecule has 1 aromatic rings. The number of nitrogens with one attached hydrogen (secondary N) is 1. The van der Waals surface area contributed by atoms with Crippen LogP contribution in [0.1, 0.15) is 32.3 Å². The first-order valence-electron chi connectivity index (χ1n) is 7.84.